The average Bonchev–Trinajstić information content (AvgIpc) is 2.86. The van der Waals surface area contributed by atoms with Gasteiger partial charge in [0.2, 0.25) is 0 Å². The van der Waals surface area contributed by atoms with Crippen molar-refractivity contribution in [2.24, 2.45) is 5.92 Å². The monoisotopic (exact) mass is 470 g/mol. The first kappa shape index (κ1) is 24.1. The van der Waals surface area contributed by atoms with E-state index < -0.39 is 11.6 Å². The molecule has 1 N–H and O–H groups in total. The molecule has 0 spiro atoms. The van der Waals surface area contributed by atoms with E-state index in [1.807, 2.05) is 6.92 Å². The van der Waals surface area contributed by atoms with Gasteiger partial charge in [-0.25, -0.2) is 13.2 Å². The molecule has 1 aliphatic carbocycles. The maximum atomic E-state index is 14.8. The van der Waals surface area contributed by atoms with Gasteiger partial charge < -0.3 is 14.6 Å². The maximum Gasteiger partial charge on any atom is 0.165 e. The lowest BCUT2D eigenvalue weighted by Crippen LogP contribution is -2.17. The molecule has 180 valence electrons. The summed E-state index contributed by atoms with van der Waals surface area (Å²) in [6, 6.07) is 14.7. The zero-order valence-corrected chi connectivity index (χ0v) is 19.2. The second-order valence-corrected chi connectivity index (χ2v) is 8.73. The quantitative estimate of drug-likeness (QED) is 0.385. The highest BCUT2D eigenvalue weighted by Gasteiger charge is 2.26. The summed E-state index contributed by atoms with van der Waals surface area (Å²) < 4.78 is 54.9. The van der Waals surface area contributed by atoms with E-state index >= 15 is 0 Å². The van der Waals surface area contributed by atoms with Crippen LogP contribution in [0.5, 0.6) is 11.5 Å². The van der Waals surface area contributed by atoms with Gasteiger partial charge in [0.25, 0.3) is 0 Å². The molecule has 3 aromatic carbocycles. The molecular formula is C28H29F3O3. The van der Waals surface area contributed by atoms with E-state index in [0.29, 0.717) is 34.8 Å². The van der Waals surface area contributed by atoms with Crippen LogP contribution in [0.3, 0.4) is 0 Å². The van der Waals surface area contributed by atoms with E-state index in [9.17, 15) is 18.3 Å². The van der Waals surface area contributed by atoms with Crippen molar-refractivity contribution in [3.8, 4) is 22.6 Å². The molecule has 3 nitrogen and oxygen atoms in total. The zero-order chi connectivity index (χ0) is 24.1. The van der Waals surface area contributed by atoms with Crippen LogP contribution in [0.1, 0.15) is 49.7 Å². The number of aliphatic hydroxyl groups is 1. The summed E-state index contributed by atoms with van der Waals surface area (Å²) in [6.07, 6.45) is 3.14. The molecular weight excluding hydrogens is 441 g/mol. The Bertz CT molecular complexity index is 1110. The molecule has 0 amide bonds. The van der Waals surface area contributed by atoms with E-state index in [4.69, 9.17) is 9.47 Å². The fraction of sp³-hybridized carbons (Fsp3) is 0.357. The van der Waals surface area contributed by atoms with Gasteiger partial charge in [-0.1, -0.05) is 24.3 Å². The minimum Gasteiger partial charge on any atom is -0.494 e. The molecule has 1 fully saturated rings. The molecule has 1 saturated carbocycles. The van der Waals surface area contributed by atoms with E-state index in [2.05, 4.69) is 0 Å². The summed E-state index contributed by atoms with van der Waals surface area (Å²) in [6.45, 7) is 2.33. The molecule has 0 bridgehead atoms. The topological polar surface area (TPSA) is 38.7 Å². The predicted molar refractivity (Wildman–Crippen MR) is 125 cm³/mol. The highest BCUT2D eigenvalue weighted by atomic mass is 19.2. The average molecular weight is 471 g/mol. The maximum absolute atomic E-state index is 14.8. The van der Waals surface area contributed by atoms with Gasteiger partial charge in [0.1, 0.15) is 23.9 Å². The van der Waals surface area contributed by atoms with Crippen molar-refractivity contribution in [2.45, 2.75) is 45.1 Å². The van der Waals surface area contributed by atoms with Crippen molar-refractivity contribution in [3.05, 3.63) is 83.2 Å². The Balaban J connectivity index is 1.40. The number of aliphatic hydroxyl groups excluding tert-OH is 1. The molecule has 0 aromatic heterocycles. The number of hydrogen-bond donors (Lipinski definition) is 1. The summed E-state index contributed by atoms with van der Waals surface area (Å²) in [7, 11) is 0. The van der Waals surface area contributed by atoms with Gasteiger partial charge >= 0.3 is 0 Å². The predicted octanol–water partition coefficient (Wildman–Crippen LogP) is 7.01. The van der Waals surface area contributed by atoms with Crippen LogP contribution in [0.4, 0.5) is 13.2 Å². The van der Waals surface area contributed by atoms with Gasteiger partial charge in [-0.05, 0) is 79.8 Å². The van der Waals surface area contributed by atoms with Crippen molar-refractivity contribution in [1.29, 1.82) is 0 Å². The van der Waals surface area contributed by atoms with Crippen molar-refractivity contribution in [3.63, 3.8) is 0 Å². The Kier molecular flexibility index (Phi) is 7.78. The fourth-order valence-electron chi connectivity index (χ4n) is 4.57. The van der Waals surface area contributed by atoms with Crippen molar-refractivity contribution in [2.75, 3.05) is 13.2 Å². The van der Waals surface area contributed by atoms with Crippen LogP contribution in [0.25, 0.3) is 11.1 Å². The van der Waals surface area contributed by atoms with Gasteiger partial charge in [0.15, 0.2) is 11.6 Å². The molecule has 0 radical (unpaired) electrons. The highest BCUT2D eigenvalue weighted by molar-refractivity contribution is 5.65. The Morgan fingerprint density at radius 2 is 1.53 bits per heavy atom. The minimum absolute atomic E-state index is 0.0252. The van der Waals surface area contributed by atoms with E-state index in [1.54, 1.807) is 48.5 Å². The highest BCUT2D eigenvalue weighted by Crippen LogP contribution is 2.37. The summed E-state index contributed by atoms with van der Waals surface area (Å²) in [5.41, 5.74) is 1.66. The standard InChI is InChI=1S/C28H29F3O3/c1-2-33-23-12-14-24(26(29)15-23)19-7-10-22(11-8-19)34-17-21-9-13-25(28(31)27(21)30)20-5-3-18(16-32)4-6-20/h7-15,18,20,32H,2-6,16-17H2,1H3. The first-order chi connectivity index (χ1) is 16.5. The number of rotatable bonds is 8. The van der Waals surface area contributed by atoms with Crippen molar-refractivity contribution >= 4 is 0 Å². The van der Waals surface area contributed by atoms with Gasteiger partial charge in [0, 0.05) is 23.8 Å². The summed E-state index contributed by atoms with van der Waals surface area (Å²) >= 11 is 0. The van der Waals surface area contributed by atoms with Crippen LogP contribution in [-0.4, -0.2) is 18.3 Å². The largest absolute Gasteiger partial charge is 0.494 e. The third-order valence-corrected chi connectivity index (χ3v) is 6.55. The Labute approximate surface area is 198 Å². The molecule has 0 aliphatic heterocycles. The second-order valence-electron chi connectivity index (χ2n) is 8.73. The van der Waals surface area contributed by atoms with Gasteiger partial charge in [0.05, 0.1) is 6.61 Å². The minimum atomic E-state index is -0.880. The van der Waals surface area contributed by atoms with E-state index in [0.717, 1.165) is 25.7 Å². The van der Waals surface area contributed by atoms with Crippen molar-refractivity contribution in [1.82, 2.24) is 0 Å². The van der Waals surface area contributed by atoms with E-state index in [1.165, 1.54) is 6.07 Å². The van der Waals surface area contributed by atoms with Crippen LogP contribution in [0.15, 0.2) is 54.6 Å². The van der Waals surface area contributed by atoms with Crippen LogP contribution in [0.2, 0.25) is 0 Å². The van der Waals surface area contributed by atoms with Gasteiger partial charge in [-0.15, -0.1) is 0 Å². The summed E-state index contributed by atoms with van der Waals surface area (Å²) in [5.74, 6) is -0.896. The SMILES string of the molecule is CCOc1ccc(-c2ccc(OCc3ccc(C4CCC(CO)CC4)c(F)c3F)cc2)c(F)c1. The number of hydrogen-bond acceptors (Lipinski definition) is 3. The lowest BCUT2D eigenvalue weighted by molar-refractivity contribution is 0.181. The number of ether oxygens (including phenoxy) is 2. The molecule has 0 atom stereocenters. The Morgan fingerprint density at radius 1 is 0.824 bits per heavy atom. The summed E-state index contributed by atoms with van der Waals surface area (Å²) in [4.78, 5) is 0. The first-order valence-corrected chi connectivity index (χ1v) is 11.7. The molecule has 34 heavy (non-hydrogen) atoms. The Morgan fingerprint density at radius 3 is 2.18 bits per heavy atom. The molecule has 0 saturated heterocycles. The molecule has 3 aromatic rings. The second kappa shape index (κ2) is 11.0. The third-order valence-electron chi connectivity index (χ3n) is 6.55. The van der Waals surface area contributed by atoms with Crippen LogP contribution in [0, 0.1) is 23.4 Å². The first-order valence-electron chi connectivity index (χ1n) is 11.7. The molecule has 0 heterocycles. The van der Waals surface area contributed by atoms with Crippen LogP contribution >= 0.6 is 0 Å². The lowest BCUT2D eigenvalue weighted by atomic mass is 9.78. The van der Waals surface area contributed by atoms with Crippen LogP contribution < -0.4 is 9.47 Å². The van der Waals surface area contributed by atoms with Crippen molar-refractivity contribution < 1.29 is 27.8 Å². The molecule has 1 aliphatic rings. The van der Waals surface area contributed by atoms with E-state index in [-0.39, 0.29) is 36.4 Å². The normalized spacial score (nSPS) is 18.0. The van der Waals surface area contributed by atoms with Crippen LogP contribution in [-0.2, 0) is 6.61 Å². The number of benzene rings is 3. The fourth-order valence-corrected chi connectivity index (χ4v) is 4.57. The molecule has 6 heteroatoms. The zero-order valence-electron chi connectivity index (χ0n) is 19.2. The number of halogens is 3. The lowest BCUT2D eigenvalue weighted by Gasteiger charge is -2.28. The molecule has 4 rings (SSSR count). The van der Waals surface area contributed by atoms with Gasteiger partial charge in [-0.2, -0.15) is 0 Å². The Hall–Kier alpha value is -2.99. The smallest absolute Gasteiger partial charge is 0.165 e. The molecule has 0 unspecified atom stereocenters. The summed E-state index contributed by atoms with van der Waals surface area (Å²) in [5, 5.41) is 9.28. The third kappa shape index (κ3) is 5.39. The van der Waals surface area contributed by atoms with Gasteiger partial charge in [-0.3, -0.25) is 0 Å².